The summed E-state index contributed by atoms with van der Waals surface area (Å²) in [5.41, 5.74) is 8.03. The summed E-state index contributed by atoms with van der Waals surface area (Å²) in [7, 11) is 1.31. The molecule has 0 aliphatic carbocycles. The van der Waals surface area contributed by atoms with E-state index in [1.165, 1.54) is 12.1 Å². The van der Waals surface area contributed by atoms with Gasteiger partial charge in [-0.25, -0.2) is 4.79 Å². The van der Waals surface area contributed by atoms with E-state index in [-0.39, 0.29) is 17.4 Å². The molecule has 0 atom stereocenters. The maximum absolute atomic E-state index is 13.0. The Bertz CT molecular complexity index is 1360. The molecular weight excluding hydrogens is 432 g/mol. The highest BCUT2D eigenvalue weighted by atomic mass is 16.5. The van der Waals surface area contributed by atoms with Gasteiger partial charge in [-0.05, 0) is 67.8 Å². The number of benzene rings is 3. The number of aromatic hydroxyl groups is 1. The van der Waals surface area contributed by atoms with Crippen LogP contribution < -0.4 is 10.4 Å². The van der Waals surface area contributed by atoms with Gasteiger partial charge in [-0.1, -0.05) is 30.3 Å². The molecule has 1 aliphatic heterocycles. The van der Waals surface area contributed by atoms with Gasteiger partial charge in [0.1, 0.15) is 5.75 Å². The molecular formula is C26H24N4O4. The van der Waals surface area contributed by atoms with E-state index >= 15 is 0 Å². The summed E-state index contributed by atoms with van der Waals surface area (Å²) in [6, 6.07) is 17.5. The number of carbonyl (C=O) groups is 2. The van der Waals surface area contributed by atoms with Gasteiger partial charge in [0.05, 0.1) is 29.8 Å². The summed E-state index contributed by atoms with van der Waals surface area (Å²) >= 11 is 0. The third-order valence-electron chi connectivity index (χ3n) is 5.64. The molecule has 0 saturated heterocycles. The van der Waals surface area contributed by atoms with Gasteiger partial charge in [0.15, 0.2) is 5.71 Å². The number of hydrogen-bond donors (Lipinski definition) is 2. The molecule has 0 saturated carbocycles. The Morgan fingerprint density at radius 2 is 1.79 bits per heavy atom. The lowest BCUT2D eigenvalue weighted by molar-refractivity contribution is -0.112. The van der Waals surface area contributed by atoms with Crippen molar-refractivity contribution < 1.29 is 19.4 Å². The van der Waals surface area contributed by atoms with Gasteiger partial charge in [-0.15, -0.1) is 0 Å². The molecule has 172 valence electrons. The van der Waals surface area contributed by atoms with Gasteiger partial charge in [0.25, 0.3) is 0 Å². The van der Waals surface area contributed by atoms with E-state index < -0.39 is 5.97 Å². The van der Waals surface area contributed by atoms with Crippen molar-refractivity contribution in [3.8, 4) is 16.9 Å². The van der Waals surface area contributed by atoms with Crippen molar-refractivity contribution in [1.29, 1.82) is 0 Å². The number of nitrogens with one attached hydrogen (secondary N) is 1. The standard InChI is InChI=1S/C26H24N4O4/c1-15-11-12-20(13-16(15)2)30-25(32)23(17(3)29-30)28-27-22-10-6-9-21(24(22)31)18-7-5-8-19(14-18)26(33)34-4/h5-14,27,31H,1-4H3. The maximum atomic E-state index is 13.0. The van der Waals surface area contributed by atoms with Crippen LogP contribution in [-0.4, -0.2) is 35.5 Å². The van der Waals surface area contributed by atoms with Gasteiger partial charge in [-0.3, -0.25) is 10.2 Å². The minimum absolute atomic E-state index is 0.0695. The molecule has 1 aliphatic rings. The van der Waals surface area contributed by atoms with E-state index in [2.05, 4.69) is 15.6 Å². The summed E-state index contributed by atoms with van der Waals surface area (Å²) < 4.78 is 4.77. The molecule has 1 heterocycles. The fourth-order valence-corrected chi connectivity index (χ4v) is 3.57. The molecule has 0 fully saturated rings. The van der Waals surface area contributed by atoms with Crippen LogP contribution in [0.4, 0.5) is 11.4 Å². The average Bonchev–Trinajstić information content (AvgIpc) is 3.12. The first-order valence-electron chi connectivity index (χ1n) is 10.6. The molecule has 8 nitrogen and oxygen atoms in total. The summed E-state index contributed by atoms with van der Waals surface area (Å²) in [4.78, 5) is 24.8. The smallest absolute Gasteiger partial charge is 0.337 e. The Hall–Kier alpha value is -4.46. The van der Waals surface area contributed by atoms with Crippen LogP contribution in [0.5, 0.6) is 5.75 Å². The molecule has 2 N–H and O–H groups in total. The Labute approximate surface area is 197 Å². The number of rotatable bonds is 5. The van der Waals surface area contributed by atoms with Gasteiger partial charge < -0.3 is 9.84 Å². The van der Waals surface area contributed by atoms with Crippen molar-refractivity contribution in [2.24, 2.45) is 10.2 Å². The molecule has 34 heavy (non-hydrogen) atoms. The first kappa shape index (κ1) is 22.7. The molecule has 8 heteroatoms. The Morgan fingerprint density at radius 1 is 1.03 bits per heavy atom. The van der Waals surface area contributed by atoms with E-state index in [0.29, 0.717) is 33.8 Å². The minimum atomic E-state index is -0.468. The number of nitrogens with zero attached hydrogens (tertiary/aromatic N) is 3. The van der Waals surface area contributed by atoms with Crippen molar-refractivity contribution >= 4 is 34.7 Å². The number of ether oxygens (including phenoxy) is 1. The van der Waals surface area contributed by atoms with Crippen LogP contribution in [0.15, 0.2) is 70.9 Å². The number of hydrogen-bond acceptors (Lipinski definition) is 7. The van der Waals surface area contributed by atoms with Crippen molar-refractivity contribution in [1.82, 2.24) is 0 Å². The summed E-state index contributed by atoms with van der Waals surface area (Å²) in [6.45, 7) is 5.68. The number of hydrazone groups is 2. The monoisotopic (exact) mass is 456 g/mol. The molecule has 4 rings (SSSR count). The van der Waals surface area contributed by atoms with Crippen LogP contribution in [0.25, 0.3) is 11.1 Å². The Morgan fingerprint density at radius 3 is 2.53 bits per heavy atom. The molecule has 3 aromatic rings. The van der Waals surface area contributed by atoms with Crippen molar-refractivity contribution in [3.63, 3.8) is 0 Å². The van der Waals surface area contributed by atoms with Crippen molar-refractivity contribution in [3.05, 3.63) is 77.4 Å². The van der Waals surface area contributed by atoms with Crippen LogP contribution in [0.2, 0.25) is 0 Å². The normalized spacial score (nSPS) is 14.4. The number of methoxy groups -OCH3 is 1. The second-order valence-electron chi connectivity index (χ2n) is 7.92. The molecule has 3 aromatic carbocycles. The number of amides is 1. The van der Waals surface area contributed by atoms with E-state index in [4.69, 9.17) is 4.74 Å². The summed E-state index contributed by atoms with van der Waals surface area (Å²) in [6.07, 6.45) is 0. The second-order valence-corrected chi connectivity index (χ2v) is 7.92. The Kier molecular flexibility index (Phi) is 6.14. The number of para-hydroxylation sites is 1. The lowest BCUT2D eigenvalue weighted by Crippen LogP contribution is -2.28. The highest BCUT2D eigenvalue weighted by molar-refractivity contribution is 6.71. The van der Waals surface area contributed by atoms with E-state index in [9.17, 15) is 14.7 Å². The highest BCUT2D eigenvalue weighted by Crippen LogP contribution is 2.36. The number of esters is 1. The quantitative estimate of drug-likeness (QED) is 0.330. The van der Waals surface area contributed by atoms with Crippen LogP contribution in [-0.2, 0) is 9.53 Å². The first-order valence-corrected chi connectivity index (χ1v) is 10.6. The zero-order valence-electron chi connectivity index (χ0n) is 19.3. The van der Waals surface area contributed by atoms with E-state index in [0.717, 1.165) is 11.1 Å². The summed E-state index contributed by atoms with van der Waals surface area (Å²) in [5.74, 6) is -0.903. The average molecular weight is 457 g/mol. The van der Waals surface area contributed by atoms with Gasteiger partial charge in [-0.2, -0.15) is 15.2 Å². The van der Waals surface area contributed by atoms with Gasteiger partial charge >= 0.3 is 11.9 Å². The highest BCUT2D eigenvalue weighted by Gasteiger charge is 2.31. The van der Waals surface area contributed by atoms with Crippen molar-refractivity contribution in [2.75, 3.05) is 17.5 Å². The summed E-state index contributed by atoms with van der Waals surface area (Å²) in [5, 5.41) is 20.7. The van der Waals surface area contributed by atoms with Gasteiger partial charge in [0, 0.05) is 5.56 Å². The lowest BCUT2D eigenvalue weighted by Gasteiger charge is -2.13. The molecule has 0 bridgehead atoms. The van der Waals surface area contributed by atoms with Crippen LogP contribution >= 0.6 is 0 Å². The minimum Gasteiger partial charge on any atom is -0.505 e. The number of aryl methyl sites for hydroxylation is 2. The maximum Gasteiger partial charge on any atom is 0.337 e. The van der Waals surface area contributed by atoms with E-state index in [1.807, 2.05) is 32.0 Å². The number of anilines is 2. The van der Waals surface area contributed by atoms with Crippen LogP contribution in [0.1, 0.15) is 28.4 Å². The zero-order chi connectivity index (χ0) is 24.4. The fraction of sp³-hybridized carbons (Fsp3) is 0.154. The first-order chi connectivity index (χ1) is 16.3. The number of phenols is 1. The topological polar surface area (TPSA) is 104 Å². The predicted octanol–water partition coefficient (Wildman–Crippen LogP) is 4.65. The zero-order valence-corrected chi connectivity index (χ0v) is 19.3. The third-order valence-corrected chi connectivity index (χ3v) is 5.64. The predicted molar refractivity (Wildman–Crippen MR) is 132 cm³/mol. The SMILES string of the molecule is COC(=O)c1cccc(-c2cccc(NN=C3C(=O)N(c4ccc(C)c(C)c4)N=C3C)c2O)c1. The largest absolute Gasteiger partial charge is 0.505 e. The number of carbonyl (C=O) groups excluding carboxylic acids is 2. The lowest BCUT2D eigenvalue weighted by atomic mass is 10.0. The number of phenolic OH excluding ortho intramolecular Hbond substituents is 1. The van der Waals surface area contributed by atoms with E-state index in [1.54, 1.807) is 49.4 Å². The Balaban J connectivity index is 1.60. The van der Waals surface area contributed by atoms with Crippen LogP contribution in [0, 0.1) is 13.8 Å². The molecule has 0 aromatic heterocycles. The third kappa shape index (κ3) is 4.25. The molecule has 0 unspecified atom stereocenters. The molecule has 1 amide bonds. The second kappa shape index (κ2) is 9.19. The fourth-order valence-electron chi connectivity index (χ4n) is 3.57. The molecule has 0 spiro atoms. The van der Waals surface area contributed by atoms with Crippen molar-refractivity contribution in [2.45, 2.75) is 20.8 Å². The molecule has 0 radical (unpaired) electrons. The van der Waals surface area contributed by atoms with Gasteiger partial charge in [0.2, 0.25) is 0 Å². The van der Waals surface area contributed by atoms with Crippen LogP contribution in [0.3, 0.4) is 0 Å².